The Labute approximate surface area is 138 Å². The van der Waals surface area contributed by atoms with Crippen LogP contribution in [0.5, 0.6) is 11.5 Å². The SMILES string of the molecule is CCOc1ccc(-c2nc(NNC(C)=O)nc(=O)[nH]2)cc1OCC. The van der Waals surface area contributed by atoms with Crippen LogP contribution in [0.25, 0.3) is 11.4 Å². The van der Waals surface area contributed by atoms with Gasteiger partial charge in [-0.25, -0.2) is 4.79 Å². The Kier molecular flexibility index (Phi) is 5.72. The summed E-state index contributed by atoms with van der Waals surface area (Å²) in [5.41, 5.74) is 4.80. The lowest BCUT2D eigenvalue weighted by atomic mass is 10.2. The van der Waals surface area contributed by atoms with Crippen LogP contribution < -0.4 is 26.0 Å². The molecule has 0 aliphatic heterocycles. The number of benzene rings is 1. The molecule has 0 spiro atoms. The van der Waals surface area contributed by atoms with Crippen LogP contribution in [-0.2, 0) is 4.79 Å². The van der Waals surface area contributed by atoms with Gasteiger partial charge >= 0.3 is 5.69 Å². The van der Waals surface area contributed by atoms with Crippen molar-refractivity contribution in [2.45, 2.75) is 20.8 Å². The second-order valence-corrected chi connectivity index (χ2v) is 4.66. The van der Waals surface area contributed by atoms with Gasteiger partial charge in [0.2, 0.25) is 11.9 Å². The molecule has 2 aromatic rings. The fourth-order valence-electron chi connectivity index (χ4n) is 1.92. The van der Waals surface area contributed by atoms with Crippen LogP contribution in [0.4, 0.5) is 5.95 Å². The van der Waals surface area contributed by atoms with Crippen molar-refractivity contribution in [3.63, 3.8) is 0 Å². The average molecular weight is 333 g/mol. The van der Waals surface area contributed by atoms with Crippen molar-refractivity contribution in [2.75, 3.05) is 18.6 Å². The van der Waals surface area contributed by atoms with E-state index >= 15 is 0 Å². The van der Waals surface area contributed by atoms with E-state index in [1.807, 2.05) is 13.8 Å². The molecule has 0 bridgehead atoms. The molecule has 0 unspecified atom stereocenters. The van der Waals surface area contributed by atoms with E-state index in [0.29, 0.717) is 30.3 Å². The van der Waals surface area contributed by atoms with Crippen molar-refractivity contribution in [3.05, 3.63) is 28.7 Å². The van der Waals surface area contributed by atoms with E-state index in [1.165, 1.54) is 6.92 Å². The van der Waals surface area contributed by atoms with Crippen molar-refractivity contribution in [2.24, 2.45) is 0 Å². The zero-order valence-electron chi connectivity index (χ0n) is 13.7. The van der Waals surface area contributed by atoms with Crippen LogP contribution in [0.3, 0.4) is 0 Å². The molecule has 1 aromatic carbocycles. The molecule has 1 amide bonds. The highest BCUT2D eigenvalue weighted by Gasteiger charge is 2.11. The van der Waals surface area contributed by atoms with Gasteiger partial charge in [-0.05, 0) is 32.0 Å². The lowest BCUT2D eigenvalue weighted by Gasteiger charge is -2.12. The number of aromatic amines is 1. The monoisotopic (exact) mass is 333 g/mol. The number of nitrogens with zero attached hydrogens (tertiary/aromatic N) is 2. The molecule has 0 saturated carbocycles. The minimum atomic E-state index is -0.598. The molecule has 9 heteroatoms. The van der Waals surface area contributed by atoms with Gasteiger partial charge in [0.15, 0.2) is 11.5 Å². The number of H-pyrrole nitrogens is 1. The zero-order valence-corrected chi connectivity index (χ0v) is 13.7. The summed E-state index contributed by atoms with van der Waals surface area (Å²) in [5, 5.41) is 0. The Morgan fingerprint density at radius 3 is 2.54 bits per heavy atom. The first-order valence-corrected chi connectivity index (χ1v) is 7.44. The minimum absolute atomic E-state index is 0.0178. The second-order valence-electron chi connectivity index (χ2n) is 4.66. The van der Waals surface area contributed by atoms with E-state index in [4.69, 9.17) is 9.47 Å². The van der Waals surface area contributed by atoms with E-state index in [2.05, 4.69) is 25.8 Å². The number of aromatic nitrogens is 3. The number of nitrogens with one attached hydrogen (secondary N) is 3. The van der Waals surface area contributed by atoms with Crippen molar-refractivity contribution >= 4 is 11.9 Å². The summed E-state index contributed by atoms with van der Waals surface area (Å²) >= 11 is 0. The average Bonchev–Trinajstić information content (AvgIpc) is 2.54. The van der Waals surface area contributed by atoms with Gasteiger partial charge in [-0.15, -0.1) is 0 Å². The predicted molar refractivity (Wildman–Crippen MR) is 87.9 cm³/mol. The number of anilines is 1. The third-order valence-electron chi connectivity index (χ3n) is 2.82. The Morgan fingerprint density at radius 2 is 1.88 bits per heavy atom. The second kappa shape index (κ2) is 7.95. The van der Waals surface area contributed by atoms with Gasteiger partial charge in [0.25, 0.3) is 0 Å². The lowest BCUT2D eigenvalue weighted by Crippen LogP contribution is -2.29. The number of carbonyl (C=O) groups is 1. The molecule has 0 aliphatic carbocycles. The Bertz CT molecular complexity index is 775. The molecule has 0 atom stereocenters. The maximum absolute atomic E-state index is 11.7. The number of ether oxygens (including phenoxy) is 2. The zero-order chi connectivity index (χ0) is 17.5. The summed E-state index contributed by atoms with van der Waals surface area (Å²) in [7, 11) is 0. The highest BCUT2D eigenvalue weighted by atomic mass is 16.5. The van der Waals surface area contributed by atoms with Gasteiger partial charge in [0.05, 0.1) is 13.2 Å². The van der Waals surface area contributed by atoms with Crippen LogP contribution in [0, 0.1) is 0 Å². The molecular weight excluding hydrogens is 314 g/mol. The van der Waals surface area contributed by atoms with Crippen molar-refractivity contribution in [1.29, 1.82) is 0 Å². The maximum Gasteiger partial charge on any atom is 0.349 e. The van der Waals surface area contributed by atoms with Gasteiger partial charge < -0.3 is 9.47 Å². The fourth-order valence-corrected chi connectivity index (χ4v) is 1.92. The quantitative estimate of drug-likeness (QED) is 0.649. The third-order valence-corrected chi connectivity index (χ3v) is 2.82. The topological polar surface area (TPSA) is 118 Å². The first-order valence-electron chi connectivity index (χ1n) is 7.44. The molecule has 24 heavy (non-hydrogen) atoms. The number of hydrazine groups is 1. The van der Waals surface area contributed by atoms with E-state index in [1.54, 1.807) is 18.2 Å². The summed E-state index contributed by atoms with van der Waals surface area (Å²) in [6.07, 6.45) is 0. The van der Waals surface area contributed by atoms with E-state index < -0.39 is 5.69 Å². The summed E-state index contributed by atoms with van der Waals surface area (Å²) < 4.78 is 11.1. The molecule has 0 aliphatic rings. The summed E-state index contributed by atoms with van der Waals surface area (Å²) in [5.74, 6) is 1.09. The maximum atomic E-state index is 11.7. The molecule has 128 valence electrons. The van der Waals surface area contributed by atoms with Gasteiger partial charge in [0, 0.05) is 12.5 Å². The standard InChI is InChI=1S/C15H19N5O4/c1-4-23-11-7-6-10(8-12(11)24-5-2)13-16-14(18-15(22)17-13)20-19-9(3)21/h6-8H,4-5H2,1-3H3,(H,19,21)(H2,16,17,18,20,22). The third kappa shape index (κ3) is 4.45. The minimum Gasteiger partial charge on any atom is -0.490 e. The Hall–Kier alpha value is -3.10. The van der Waals surface area contributed by atoms with Gasteiger partial charge in [-0.3, -0.25) is 20.6 Å². The van der Waals surface area contributed by atoms with E-state index in [0.717, 1.165) is 0 Å². The smallest absolute Gasteiger partial charge is 0.349 e. The molecule has 1 heterocycles. The van der Waals surface area contributed by atoms with E-state index in [-0.39, 0.29) is 17.7 Å². The van der Waals surface area contributed by atoms with Crippen LogP contribution in [0.2, 0.25) is 0 Å². The van der Waals surface area contributed by atoms with Crippen LogP contribution in [0.15, 0.2) is 23.0 Å². The van der Waals surface area contributed by atoms with Crippen molar-refractivity contribution in [3.8, 4) is 22.9 Å². The van der Waals surface area contributed by atoms with Crippen LogP contribution in [0.1, 0.15) is 20.8 Å². The lowest BCUT2D eigenvalue weighted by molar-refractivity contribution is -0.118. The number of hydrogen-bond acceptors (Lipinski definition) is 7. The summed E-state index contributed by atoms with van der Waals surface area (Å²) in [6, 6.07) is 5.20. The fraction of sp³-hybridized carbons (Fsp3) is 0.333. The molecule has 9 nitrogen and oxygen atoms in total. The first kappa shape index (κ1) is 17.3. The molecule has 3 N–H and O–H groups in total. The number of amides is 1. The number of carbonyl (C=O) groups excluding carboxylic acids is 1. The van der Waals surface area contributed by atoms with Crippen LogP contribution in [-0.4, -0.2) is 34.1 Å². The molecule has 0 fully saturated rings. The van der Waals surface area contributed by atoms with Gasteiger partial charge in [-0.1, -0.05) is 0 Å². The normalized spacial score (nSPS) is 10.1. The Morgan fingerprint density at radius 1 is 1.17 bits per heavy atom. The van der Waals surface area contributed by atoms with Crippen LogP contribution >= 0.6 is 0 Å². The highest BCUT2D eigenvalue weighted by Crippen LogP contribution is 2.31. The molecule has 2 rings (SSSR count). The summed E-state index contributed by atoms with van der Waals surface area (Å²) in [4.78, 5) is 33.0. The predicted octanol–water partition coefficient (Wildman–Crippen LogP) is 1.09. The Balaban J connectivity index is 2.38. The molecular formula is C15H19N5O4. The number of hydrogen-bond donors (Lipinski definition) is 3. The first-order chi connectivity index (χ1) is 11.5. The van der Waals surface area contributed by atoms with Gasteiger partial charge in [0.1, 0.15) is 5.82 Å². The molecule has 0 radical (unpaired) electrons. The van der Waals surface area contributed by atoms with Crippen molar-refractivity contribution < 1.29 is 14.3 Å². The van der Waals surface area contributed by atoms with Gasteiger partial charge in [-0.2, -0.15) is 9.97 Å². The largest absolute Gasteiger partial charge is 0.490 e. The van der Waals surface area contributed by atoms with E-state index in [9.17, 15) is 9.59 Å². The number of rotatable bonds is 7. The van der Waals surface area contributed by atoms with Crippen molar-refractivity contribution in [1.82, 2.24) is 20.4 Å². The molecule has 0 saturated heterocycles. The highest BCUT2D eigenvalue weighted by molar-refractivity contribution is 5.74. The molecule has 1 aromatic heterocycles. The summed E-state index contributed by atoms with van der Waals surface area (Å²) in [6.45, 7) is 6.05.